The lowest BCUT2D eigenvalue weighted by atomic mass is 10.1. The van der Waals surface area contributed by atoms with E-state index in [9.17, 15) is 14.7 Å². The lowest BCUT2D eigenvalue weighted by molar-refractivity contribution is -0.122. The van der Waals surface area contributed by atoms with Gasteiger partial charge in [-0.3, -0.25) is 14.5 Å². The minimum Gasteiger partial charge on any atom is -0.508 e. The van der Waals surface area contributed by atoms with Crippen molar-refractivity contribution >= 4 is 51.9 Å². The molecule has 30 heavy (non-hydrogen) atoms. The quantitative estimate of drug-likeness (QED) is 0.472. The number of aromatic hydroxyl groups is 1. The van der Waals surface area contributed by atoms with Crippen LogP contribution in [0.3, 0.4) is 0 Å². The molecule has 2 aromatic carbocycles. The maximum atomic E-state index is 12.7. The molecule has 0 aliphatic carbocycles. The summed E-state index contributed by atoms with van der Waals surface area (Å²) in [6.07, 6.45) is 4.60. The van der Waals surface area contributed by atoms with Crippen LogP contribution < -0.4 is 5.32 Å². The number of phenols is 1. The van der Waals surface area contributed by atoms with Crippen molar-refractivity contribution in [2.24, 2.45) is 0 Å². The van der Waals surface area contributed by atoms with Gasteiger partial charge in [0.25, 0.3) is 5.91 Å². The summed E-state index contributed by atoms with van der Waals surface area (Å²) in [7, 11) is 0. The molecule has 1 saturated heterocycles. The van der Waals surface area contributed by atoms with Crippen LogP contribution in [0.2, 0.25) is 0 Å². The number of amides is 2. The Balaban J connectivity index is 1.53. The van der Waals surface area contributed by atoms with E-state index in [2.05, 4.69) is 5.32 Å². The van der Waals surface area contributed by atoms with Gasteiger partial charge < -0.3 is 10.4 Å². The predicted octanol–water partition coefficient (Wildman–Crippen LogP) is 4.96. The third kappa shape index (κ3) is 6.05. The summed E-state index contributed by atoms with van der Waals surface area (Å²) >= 11 is 6.64. The van der Waals surface area contributed by atoms with Gasteiger partial charge in [-0.05, 0) is 42.7 Å². The van der Waals surface area contributed by atoms with Crippen molar-refractivity contribution in [2.45, 2.75) is 19.8 Å². The van der Waals surface area contributed by atoms with E-state index in [0.717, 1.165) is 11.1 Å². The molecule has 5 nitrogen and oxygen atoms in total. The molecule has 3 rings (SSSR count). The molecule has 1 aliphatic rings. The van der Waals surface area contributed by atoms with E-state index in [1.54, 1.807) is 17.0 Å². The zero-order valence-electron chi connectivity index (χ0n) is 16.5. The van der Waals surface area contributed by atoms with E-state index in [-0.39, 0.29) is 24.0 Å². The molecule has 0 aromatic heterocycles. The van der Waals surface area contributed by atoms with Crippen LogP contribution in [0.1, 0.15) is 25.3 Å². The van der Waals surface area contributed by atoms with E-state index >= 15 is 0 Å². The molecule has 0 saturated carbocycles. The number of benzene rings is 2. The van der Waals surface area contributed by atoms with Gasteiger partial charge in [0.2, 0.25) is 5.91 Å². The normalized spacial score (nSPS) is 15.7. The standard InChI is InChI=1S/C23H22N2O3S2/c1-16(13-17-7-3-2-4-8-17)14-20-22(28)25(23(29)30-20)12-6-11-21(27)24-18-9-5-10-19(26)15-18/h2-5,7-10,13-15,26H,6,11-12H2,1H3,(H,24,27). The monoisotopic (exact) mass is 438 g/mol. The Hall–Kier alpha value is -2.90. The second-order valence-electron chi connectivity index (χ2n) is 6.83. The average Bonchev–Trinajstić information content (AvgIpc) is 2.96. The summed E-state index contributed by atoms with van der Waals surface area (Å²) in [6, 6.07) is 16.3. The summed E-state index contributed by atoms with van der Waals surface area (Å²) in [5, 5.41) is 12.2. The van der Waals surface area contributed by atoms with Gasteiger partial charge in [-0.15, -0.1) is 0 Å². The molecular weight excluding hydrogens is 416 g/mol. The van der Waals surface area contributed by atoms with Gasteiger partial charge in [0, 0.05) is 24.7 Å². The van der Waals surface area contributed by atoms with Gasteiger partial charge in [0.15, 0.2) is 0 Å². The molecule has 0 bridgehead atoms. The van der Waals surface area contributed by atoms with Crippen LogP contribution >= 0.6 is 24.0 Å². The molecule has 154 valence electrons. The molecular formula is C23H22N2O3S2. The van der Waals surface area contributed by atoms with E-state index in [1.807, 2.05) is 49.4 Å². The van der Waals surface area contributed by atoms with E-state index in [1.165, 1.54) is 23.9 Å². The minimum atomic E-state index is -0.178. The Kier molecular flexibility index (Phi) is 7.43. The second-order valence-corrected chi connectivity index (χ2v) is 8.51. The molecule has 0 atom stereocenters. The maximum Gasteiger partial charge on any atom is 0.266 e. The Morgan fingerprint density at radius 2 is 1.97 bits per heavy atom. The van der Waals surface area contributed by atoms with Gasteiger partial charge in [0.05, 0.1) is 4.91 Å². The number of nitrogens with zero attached hydrogens (tertiary/aromatic N) is 1. The van der Waals surface area contributed by atoms with Crippen molar-refractivity contribution < 1.29 is 14.7 Å². The first-order valence-electron chi connectivity index (χ1n) is 9.50. The summed E-state index contributed by atoms with van der Waals surface area (Å²) in [5.74, 6) is -0.212. The van der Waals surface area contributed by atoms with Gasteiger partial charge in [-0.1, -0.05) is 66.5 Å². The van der Waals surface area contributed by atoms with Crippen molar-refractivity contribution in [1.29, 1.82) is 0 Å². The van der Waals surface area contributed by atoms with Crippen LogP contribution in [0.4, 0.5) is 5.69 Å². The zero-order valence-corrected chi connectivity index (χ0v) is 18.1. The van der Waals surface area contributed by atoms with E-state index < -0.39 is 0 Å². The fourth-order valence-electron chi connectivity index (χ4n) is 2.96. The van der Waals surface area contributed by atoms with Crippen molar-refractivity contribution in [3.63, 3.8) is 0 Å². The molecule has 2 aromatic rings. The lowest BCUT2D eigenvalue weighted by Gasteiger charge is -2.14. The molecule has 0 spiro atoms. The molecule has 7 heteroatoms. The Bertz CT molecular complexity index is 1020. The summed E-state index contributed by atoms with van der Waals surface area (Å²) < 4.78 is 0.507. The highest BCUT2D eigenvalue weighted by molar-refractivity contribution is 8.26. The number of phenolic OH excluding ortho intramolecular Hbond substituents is 1. The van der Waals surface area contributed by atoms with Crippen molar-refractivity contribution in [3.05, 3.63) is 76.7 Å². The fraction of sp³-hybridized carbons (Fsp3) is 0.174. The largest absolute Gasteiger partial charge is 0.508 e. The molecule has 1 aliphatic heterocycles. The Morgan fingerprint density at radius 1 is 1.20 bits per heavy atom. The Labute approximate surface area is 185 Å². The second kappa shape index (κ2) is 10.2. The number of anilines is 1. The van der Waals surface area contributed by atoms with Crippen LogP contribution in [0.5, 0.6) is 5.75 Å². The van der Waals surface area contributed by atoms with Crippen LogP contribution in [0.25, 0.3) is 6.08 Å². The molecule has 0 unspecified atom stereocenters. The van der Waals surface area contributed by atoms with Gasteiger partial charge in [-0.2, -0.15) is 0 Å². The van der Waals surface area contributed by atoms with Gasteiger partial charge >= 0.3 is 0 Å². The SMILES string of the molecule is CC(=Cc1ccccc1)C=C1SC(=S)N(CCCC(=O)Nc2cccc(O)c2)C1=O. The number of carbonyl (C=O) groups is 2. The Morgan fingerprint density at radius 3 is 2.70 bits per heavy atom. The number of hydrogen-bond acceptors (Lipinski definition) is 5. The molecule has 2 amide bonds. The number of thioether (sulfide) groups is 1. The van der Waals surface area contributed by atoms with Crippen LogP contribution in [0.15, 0.2) is 71.2 Å². The third-order valence-corrected chi connectivity index (χ3v) is 5.72. The number of thiocarbonyl (C=S) groups is 1. The van der Waals surface area contributed by atoms with E-state index in [0.29, 0.717) is 27.9 Å². The lowest BCUT2D eigenvalue weighted by Crippen LogP contribution is -2.29. The minimum absolute atomic E-state index is 0.0914. The highest BCUT2D eigenvalue weighted by Crippen LogP contribution is 2.32. The summed E-state index contributed by atoms with van der Waals surface area (Å²) in [5.41, 5.74) is 2.57. The zero-order chi connectivity index (χ0) is 21.5. The van der Waals surface area contributed by atoms with Crippen molar-refractivity contribution in [2.75, 3.05) is 11.9 Å². The maximum absolute atomic E-state index is 12.7. The van der Waals surface area contributed by atoms with Crippen LogP contribution in [-0.2, 0) is 9.59 Å². The third-order valence-electron chi connectivity index (χ3n) is 4.34. The number of carbonyl (C=O) groups excluding carboxylic acids is 2. The molecule has 1 heterocycles. The smallest absolute Gasteiger partial charge is 0.266 e. The van der Waals surface area contributed by atoms with Crippen LogP contribution in [0, 0.1) is 0 Å². The number of rotatable bonds is 7. The van der Waals surface area contributed by atoms with Crippen molar-refractivity contribution in [1.82, 2.24) is 4.90 Å². The highest BCUT2D eigenvalue weighted by Gasteiger charge is 2.31. The van der Waals surface area contributed by atoms with E-state index in [4.69, 9.17) is 12.2 Å². The summed E-state index contributed by atoms with van der Waals surface area (Å²) in [4.78, 5) is 26.9. The topological polar surface area (TPSA) is 69.6 Å². The first kappa shape index (κ1) is 21.8. The first-order chi connectivity index (χ1) is 14.4. The first-order valence-corrected chi connectivity index (χ1v) is 10.7. The average molecular weight is 439 g/mol. The number of hydrogen-bond donors (Lipinski definition) is 2. The number of nitrogens with one attached hydrogen (secondary N) is 1. The molecule has 0 radical (unpaired) electrons. The highest BCUT2D eigenvalue weighted by atomic mass is 32.2. The summed E-state index contributed by atoms with van der Waals surface area (Å²) in [6.45, 7) is 2.34. The molecule has 1 fully saturated rings. The fourth-order valence-corrected chi connectivity index (χ4v) is 4.32. The molecule has 2 N–H and O–H groups in total. The number of allylic oxidation sites excluding steroid dienone is 2. The van der Waals surface area contributed by atoms with Gasteiger partial charge in [0.1, 0.15) is 10.1 Å². The predicted molar refractivity (Wildman–Crippen MR) is 126 cm³/mol. The van der Waals surface area contributed by atoms with Gasteiger partial charge in [-0.25, -0.2) is 0 Å². The van der Waals surface area contributed by atoms with Crippen molar-refractivity contribution in [3.8, 4) is 5.75 Å². The van der Waals surface area contributed by atoms with Crippen LogP contribution in [-0.4, -0.2) is 32.7 Å².